The molecule has 0 unspecified atom stereocenters. The Labute approximate surface area is 171 Å². The van der Waals surface area contributed by atoms with E-state index >= 15 is 0 Å². The number of hydrogen-bond donors (Lipinski definition) is 2. The normalized spacial score (nSPS) is 13.9. The van der Waals surface area contributed by atoms with E-state index in [-0.39, 0.29) is 30.7 Å². The van der Waals surface area contributed by atoms with Crippen LogP contribution in [-0.4, -0.2) is 76.9 Å². The van der Waals surface area contributed by atoms with E-state index in [9.17, 15) is 18.0 Å². The average Bonchev–Trinajstić information content (AvgIpc) is 2.94. The maximum Gasteiger partial charge on any atom is 0.261 e. The fraction of sp³-hybridized carbons (Fsp3) is 0.579. The molecule has 1 aromatic carbocycles. The van der Waals surface area contributed by atoms with Crippen LogP contribution in [0.25, 0.3) is 0 Å². The molecular formula is C19H29N3O6S. The van der Waals surface area contributed by atoms with E-state index in [1.807, 2.05) is 0 Å². The third kappa shape index (κ3) is 7.48. The van der Waals surface area contributed by atoms with Gasteiger partial charge in [-0.15, -0.1) is 0 Å². The molecule has 2 rings (SSSR count). The van der Waals surface area contributed by atoms with Gasteiger partial charge in [-0.3, -0.25) is 14.5 Å². The molecule has 1 heterocycles. The number of carbonyl (C=O) groups excluding carboxylic acids is 2. The van der Waals surface area contributed by atoms with E-state index in [0.717, 1.165) is 0 Å². The van der Waals surface area contributed by atoms with Crippen LogP contribution in [0.2, 0.25) is 0 Å². The van der Waals surface area contributed by atoms with Gasteiger partial charge in [-0.25, -0.2) is 13.1 Å². The number of ether oxygens (including phenoxy) is 2. The smallest absolute Gasteiger partial charge is 0.261 e. The zero-order valence-corrected chi connectivity index (χ0v) is 17.3. The van der Waals surface area contributed by atoms with Crippen molar-refractivity contribution in [1.82, 2.24) is 9.62 Å². The minimum atomic E-state index is -3.37. The van der Waals surface area contributed by atoms with Crippen LogP contribution >= 0.6 is 0 Å². The topological polar surface area (TPSA) is 128 Å². The van der Waals surface area contributed by atoms with Crippen molar-refractivity contribution in [3.05, 3.63) is 35.4 Å². The zero-order chi connectivity index (χ0) is 21.1. The summed E-state index contributed by atoms with van der Waals surface area (Å²) >= 11 is 0. The number of nitrogens with zero attached hydrogens (tertiary/aromatic N) is 1. The molecule has 0 radical (unpaired) electrons. The number of unbranched alkanes of at least 4 members (excludes halogenated alkanes) is 2. The summed E-state index contributed by atoms with van der Waals surface area (Å²) in [5.74, 6) is -0.573. The molecule has 9 nitrogen and oxygen atoms in total. The van der Waals surface area contributed by atoms with Crippen LogP contribution in [0, 0.1) is 0 Å². The highest BCUT2D eigenvalue weighted by molar-refractivity contribution is 7.89. The summed E-state index contributed by atoms with van der Waals surface area (Å²) in [6.45, 7) is 2.51. The SMILES string of the molecule is NCCOCCOCCNS(=O)(=O)CCCCCN1C(=O)c2ccccc2C1=O. The van der Waals surface area contributed by atoms with Crippen molar-refractivity contribution in [2.75, 3.05) is 51.8 Å². The molecule has 3 N–H and O–H groups in total. The highest BCUT2D eigenvalue weighted by atomic mass is 32.2. The summed E-state index contributed by atoms with van der Waals surface area (Å²) in [6.07, 6.45) is 1.61. The lowest BCUT2D eigenvalue weighted by atomic mass is 10.1. The van der Waals surface area contributed by atoms with Gasteiger partial charge in [0.1, 0.15) is 0 Å². The van der Waals surface area contributed by atoms with Gasteiger partial charge in [0, 0.05) is 19.6 Å². The molecule has 0 aromatic heterocycles. The van der Waals surface area contributed by atoms with Crippen LogP contribution in [0.5, 0.6) is 0 Å². The maximum atomic E-state index is 12.2. The summed E-state index contributed by atoms with van der Waals surface area (Å²) in [6, 6.07) is 6.74. The minimum Gasteiger partial charge on any atom is -0.378 e. The first-order valence-corrected chi connectivity index (χ1v) is 11.4. The summed E-state index contributed by atoms with van der Waals surface area (Å²) in [4.78, 5) is 25.7. The summed E-state index contributed by atoms with van der Waals surface area (Å²) in [5.41, 5.74) is 6.14. The fourth-order valence-corrected chi connectivity index (χ4v) is 4.05. The quantitative estimate of drug-likeness (QED) is 0.306. The number of sulfonamides is 1. The van der Waals surface area contributed by atoms with Gasteiger partial charge in [0.15, 0.2) is 0 Å². The Kier molecular flexibility index (Phi) is 9.68. The van der Waals surface area contributed by atoms with Crippen molar-refractivity contribution in [2.45, 2.75) is 19.3 Å². The van der Waals surface area contributed by atoms with Crippen LogP contribution in [0.4, 0.5) is 0 Å². The predicted molar refractivity (Wildman–Crippen MR) is 108 cm³/mol. The minimum absolute atomic E-state index is 0.00523. The van der Waals surface area contributed by atoms with Gasteiger partial charge >= 0.3 is 0 Å². The number of fused-ring (bicyclic) bond motifs is 1. The third-order valence-electron chi connectivity index (χ3n) is 4.38. The number of nitrogens with one attached hydrogen (secondary N) is 1. The summed E-state index contributed by atoms with van der Waals surface area (Å²) in [5, 5.41) is 0. The van der Waals surface area contributed by atoms with E-state index in [1.54, 1.807) is 24.3 Å². The average molecular weight is 428 g/mol. The Morgan fingerprint density at radius 2 is 1.52 bits per heavy atom. The number of imide groups is 1. The van der Waals surface area contributed by atoms with E-state index in [4.69, 9.17) is 15.2 Å². The van der Waals surface area contributed by atoms with Crippen LogP contribution in [0.3, 0.4) is 0 Å². The summed E-state index contributed by atoms with van der Waals surface area (Å²) < 4.78 is 36.8. The second-order valence-corrected chi connectivity index (χ2v) is 8.52. The van der Waals surface area contributed by atoms with Gasteiger partial charge in [-0.05, 0) is 25.0 Å². The molecule has 2 amide bonds. The van der Waals surface area contributed by atoms with Crippen LogP contribution < -0.4 is 10.5 Å². The van der Waals surface area contributed by atoms with Crippen LogP contribution in [0.15, 0.2) is 24.3 Å². The Morgan fingerprint density at radius 1 is 0.897 bits per heavy atom. The second-order valence-electron chi connectivity index (χ2n) is 6.59. The molecule has 1 aromatic rings. The molecule has 1 aliphatic rings. The molecule has 0 saturated carbocycles. The van der Waals surface area contributed by atoms with Gasteiger partial charge in [-0.1, -0.05) is 18.6 Å². The van der Waals surface area contributed by atoms with Gasteiger partial charge < -0.3 is 15.2 Å². The standard InChI is InChI=1S/C19H29N3O6S/c20-8-11-27-13-14-28-12-9-21-29(25,26)15-5-1-4-10-22-18(23)16-6-2-3-7-17(16)19(22)24/h2-3,6-7,21H,1,4-5,8-15,20H2. The highest BCUT2D eigenvalue weighted by Gasteiger charge is 2.34. The Hall–Kier alpha value is -1.85. The molecule has 1 aliphatic heterocycles. The lowest BCUT2D eigenvalue weighted by molar-refractivity contribution is 0.0530. The van der Waals surface area contributed by atoms with Crippen molar-refractivity contribution in [1.29, 1.82) is 0 Å². The molecule has 0 aliphatic carbocycles. The number of nitrogens with two attached hydrogens (primary N) is 1. The molecule has 0 fully saturated rings. The molecule has 0 bridgehead atoms. The van der Waals surface area contributed by atoms with E-state index in [2.05, 4.69) is 4.72 Å². The summed E-state index contributed by atoms with van der Waals surface area (Å²) in [7, 11) is -3.37. The number of rotatable bonds is 15. The fourth-order valence-electron chi connectivity index (χ4n) is 2.93. The lowest BCUT2D eigenvalue weighted by Gasteiger charge is -2.13. The maximum absolute atomic E-state index is 12.2. The zero-order valence-electron chi connectivity index (χ0n) is 16.5. The largest absolute Gasteiger partial charge is 0.378 e. The molecular weight excluding hydrogens is 398 g/mol. The molecule has 0 atom stereocenters. The predicted octanol–water partition coefficient (Wildman–Crippen LogP) is 0.364. The third-order valence-corrected chi connectivity index (χ3v) is 5.85. The Bertz CT molecular complexity index is 749. The van der Waals surface area contributed by atoms with Gasteiger partial charge in [0.05, 0.1) is 43.3 Å². The molecule has 10 heteroatoms. The molecule has 0 spiro atoms. The van der Waals surface area contributed by atoms with E-state index in [0.29, 0.717) is 63.3 Å². The Balaban J connectivity index is 1.56. The first kappa shape index (κ1) is 23.4. The van der Waals surface area contributed by atoms with Crippen molar-refractivity contribution in [3.63, 3.8) is 0 Å². The lowest BCUT2D eigenvalue weighted by Crippen LogP contribution is -2.31. The molecule has 162 valence electrons. The second kappa shape index (κ2) is 12.0. The van der Waals surface area contributed by atoms with E-state index in [1.165, 1.54) is 4.90 Å². The molecule has 29 heavy (non-hydrogen) atoms. The van der Waals surface area contributed by atoms with Crippen molar-refractivity contribution < 1.29 is 27.5 Å². The van der Waals surface area contributed by atoms with Gasteiger partial charge in [0.25, 0.3) is 11.8 Å². The monoisotopic (exact) mass is 427 g/mol. The van der Waals surface area contributed by atoms with Crippen LogP contribution in [0.1, 0.15) is 40.0 Å². The number of carbonyl (C=O) groups is 2. The van der Waals surface area contributed by atoms with E-state index < -0.39 is 10.0 Å². The van der Waals surface area contributed by atoms with Crippen molar-refractivity contribution in [3.8, 4) is 0 Å². The highest BCUT2D eigenvalue weighted by Crippen LogP contribution is 2.22. The molecule has 0 saturated heterocycles. The van der Waals surface area contributed by atoms with Gasteiger partial charge in [0.2, 0.25) is 10.0 Å². The Morgan fingerprint density at radius 3 is 2.14 bits per heavy atom. The number of hydrogen-bond acceptors (Lipinski definition) is 7. The number of amides is 2. The first-order chi connectivity index (χ1) is 14.0. The number of benzene rings is 1. The van der Waals surface area contributed by atoms with Gasteiger partial charge in [-0.2, -0.15) is 0 Å². The first-order valence-electron chi connectivity index (χ1n) is 9.74. The van der Waals surface area contributed by atoms with Crippen LogP contribution in [-0.2, 0) is 19.5 Å². The van der Waals surface area contributed by atoms with Crippen molar-refractivity contribution >= 4 is 21.8 Å². The van der Waals surface area contributed by atoms with Crippen molar-refractivity contribution in [2.24, 2.45) is 5.73 Å².